The summed E-state index contributed by atoms with van der Waals surface area (Å²) in [5, 5.41) is 0. The molecule has 40 heavy (non-hydrogen) atoms. The Morgan fingerprint density at radius 3 is 2.48 bits per heavy atom. The molecule has 4 heterocycles. The van der Waals surface area contributed by atoms with Gasteiger partial charge in [-0.1, -0.05) is 37.3 Å². The third-order valence-corrected chi connectivity index (χ3v) is 8.30. The van der Waals surface area contributed by atoms with Crippen LogP contribution in [-0.2, 0) is 23.9 Å². The van der Waals surface area contributed by atoms with Crippen molar-refractivity contribution in [3.8, 4) is 11.4 Å². The number of benzene rings is 1. The van der Waals surface area contributed by atoms with Crippen LogP contribution in [0.25, 0.3) is 11.4 Å². The van der Waals surface area contributed by atoms with E-state index >= 15 is 0 Å². The van der Waals surface area contributed by atoms with E-state index in [4.69, 9.17) is 10.7 Å². The van der Waals surface area contributed by atoms with E-state index in [0.29, 0.717) is 31.5 Å². The maximum absolute atomic E-state index is 13.7. The standard InChI is InChI=1S/C29H29F3N6O2/c1-2-25(39)36-11-10-22-26-23(16-36)37(28(40)20-15-34-24(14-21(20)33)29(30,31)32)12-13-38(26)27(35-22)19-8-6-18(7-9-19)17-4-3-5-17/h2,6-9,14-15,17,23H,1,3-5,10-13,16H2,(H2,33,34)/t23-/m0/s1. The van der Waals surface area contributed by atoms with Gasteiger partial charge in [0.15, 0.2) is 0 Å². The summed E-state index contributed by atoms with van der Waals surface area (Å²) in [6.45, 7) is 4.90. The normalized spacial score (nSPS) is 19.0. The largest absolute Gasteiger partial charge is 0.433 e. The van der Waals surface area contributed by atoms with Crippen molar-refractivity contribution in [3.05, 3.63) is 77.4 Å². The van der Waals surface area contributed by atoms with E-state index < -0.39 is 23.8 Å². The minimum absolute atomic E-state index is 0.111. The van der Waals surface area contributed by atoms with Crippen molar-refractivity contribution in [2.24, 2.45) is 0 Å². The number of halogens is 3. The topological polar surface area (TPSA) is 97.4 Å². The highest BCUT2D eigenvalue weighted by Gasteiger charge is 2.40. The minimum Gasteiger partial charge on any atom is -0.398 e. The first-order chi connectivity index (χ1) is 19.2. The van der Waals surface area contributed by atoms with Crippen LogP contribution in [0.4, 0.5) is 18.9 Å². The van der Waals surface area contributed by atoms with Gasteiger partial charge in [-0.2, -0.15) is 13.2 Å². The first-order valence-corrected chi connectivity index (χ1v) is 13.4. The monoisotopic (exact) mass is 550 g/mol. The van der Waals surface area contributed by atoms with Crippen LogP contribution in [0.3, 0.4) is 0 Å². The molecule has 1 saturated carbocycles. The lowest BCUT2D eigenvalue weighted by molar-refractivity contribution is -0.141. The quantitative estimate of drug-likeness (QED) is 0.480. The fraction of sp³-hybridized carbons (Fsp3) is 0.379. The zero-order valence-corrected chi connectivity index (χ0v) is 21.8. The maximum atomic E-state index is 13.7. The SMILES string of the molecule is C=CC(=O)N1CCc2nc(-c3ccc(C4CCC4)cc3)n3c2[C@H](C1)N(C(=O)c1cnc(C(F)(F)F)cc1N)CC3. The number of anilines is 1. The van der Waals surface area contributed by atoms with Crippen LogP contribution in [0.5, 0.6) is 0 Å². The number of rotatable bonds is 4. The Morgan fingerprint density at radius 2 is 1.85 bits per heavy atom. The summed E-state index contributed by atoms with van der Waals surface area (Å²) in [6, 6.07) is 8.61. The van der Waals surface area contributed by atoms with E-state index in [1.807, 2.05) is 0 Å². The molecular weight excluding hydrogens is 521 g/mol. The highest BCUT2D eigenvalue weighted by Crippen LogP contribution is 2.40. The molecule has 2 aromatic heterocycles. The van der Waals surface area contributed by atoms with Gasteiger partial charge >= 0.3 is 6.18 Å². The van der Waals surface area contributed by atoms with Crippen LogP contribution in [-0.4, -0.2) is 55.8 Å². The second-order valence-electron chi connectivity index (χ2n) is 10.6. The number of amides is 2. The highest BCUT2D eigenvalue weighted by atomic mass is 19.4. The summed E-state index contributed by atoms with van der Waals surface area (Å²) in [5.74, 6) is 0.619. The molecule has 2 N–H and O–H groups in total. The lowest BCUT2D eigenvalue weighted by atomic mass is 9.80. The molecule has 1 aromatic carbocycles. The fourth-order valence-corrected chi connectivity index (χ4v) is 5.93. The van der Waals surface area contributed by atoms with E-state index in [0.717, 1.165) is 29.0 Å². The molecule has 1 atom stereocenters. The predicted molar refractivity (Wildman–Crippen MR) is 142 cm³/mol. The van der Waals surface area contributed by atoms with Crippen molar-refractivity contribution in [3.63, 3.8) is 0 Å². The van der Waals surface area contributed by atoms with Gasteiger partial charge in [0.1, 0.15) is 11.5 Å². The van der Waals surface area contributed by atoms with E-state index in [2.05, 4.69) is 40.4 Å². The summed E-state index contributed by atoms with van der Waals surface area (Å²) >= 11 is 0. The number of hydrogen-bond acceptors (Lipinski definition) is 5. The zero-order chi connectivity index (χ0) is 28.2. The van der Waals surface area contributed by atoms with Gasteiger partial charge in [0.2, 0.25) is 5.91 Å². The Hall–Kier alpha value is -4.15. The zero-order valence-electron chi connectivity index (χ0n) is 21.8. The molecule has 2 amide bonds. The molecule has 0 unspecified atom stereocenters. The number of nitrogens with zero attached hydrogens (tertiary/aromatic N) is 5. The Bertz CT molecular complexity index is 1490. The number of alkyl halides is 3. The molecule has 6 rings (SSSR count). The molecule has 3 aliphatic rings. The number of nitrogens with two attached hydrogens (primary N) is 1. The van der Waals surface area contributed by atoms with E-state index in [1.54, 1.807) is 9.80 Å². The number of imidazole rings is 1. The average molecular weight is 551 g/mol. The lowest BCUT2D eigenvalue weighted by Gasteiger charge is -2.38. The summed E-state index contributed by atoms with van der Waals surface area (Å²) in [5.41, 5.74) is 8.28. The van der Waals surface area contributed by atoms with Crippen molar-refractivity contribution in [1.82, 2.24) is 24.3 Å². The van der Waals surface area contributed by atoms with Gasteiger partial charge in [-0.05, 0) is 36.5 Å². The predicted octanol–water partition coefficient (Wildman–Crippen LogP) is 4.58. The van der Waals surface area contributed by atoms with Crippen LogP contribution in [0.15, 0.2) is 49.2 Å². The van der Waals surface area contributed by atoms with E-state index in [1.165, 1.54) is 30.9 Å². The second kappa shape index (κ2) is 9.79. The number of hydrogen-bond donors (Lipinski definition) is 1. The van der Waals surface area contributed by atoms with Gasteiger partial charge < -0.3 is 20.1 Å². The fourth-order valence-electron chi connectivity index (χ4n) is 5.93. The first-order valence-electron chi connectivity index (χ1n) is 13.4. The molecule has 0 spiro atoms. The van der Waals surface area contributed by atoms with Gasteiger partial charge in [0.25, 0.3) is 5.91 Å². The summed E-state index contributed by atoms with van der Waals surface area (Å²) < 4.78 is 41.5. The third-order valence-electron chi connectivity index (χ3n) is 8.30. The second-order valence-corrected chi connectivity index (χ2v) is 10.6. The summed E-state index contributed by atoms with van der Waals surface area (Å²) in [6.07, 6.45) is 1.63. The van der Waals surface area contributed by atoms with Crippen molar-refractivity contribution in [2.45, 2.75) is 50.4 Å². The lowest BCUT2D eigenvalue weighted by Crippen LogP contribution is -2.47. The van der Waals surface area contributed by atoms with Gasteiger partial charge in [-0.3, -0.25) is 14.6 Å². The molecule has 3 aromatic rings. The molecule has 2 aliphatic heterocycles. The molecule has 208 valence electrons. The molecule has 1 fully saturated rings. The average Bonchev–Trinajstić information content (AvgIpc) is 3.16. The number of aromatic nitrogens is 3. The van der Waals surface area contributed by atoms with Crippen molar-refractivity contribution < 1.29 is 22.8 Å². The molecule has 11 heteroatoms. The number of pyridine rings is 1. The van der Waals surface area contributed by atoms with Crippen molar-refractivity contribution >= 4 is 17.5 Å². The minimum atomic E-state index is -4.68. The van der Waals surface area contributed by atoms with Gasteiger partial charge in [0, 0.05) is 50.0 Å². The molecule has 0 bridgehead atoms. The first kappa shape index (κ1) is 26.1. The van der Waals surface area contributed by atoms with E-state index in [9.17, 15) is 22.8 Å². The molecular formula is C29H29F3N6O2. The van der Waals surface area contributed by atoms with Crippen LogP contribution in [0.1, 0.15) is 64.2 Å². The van der Waals surface area contributed by atoms with Crippen molar-refractivity contribution in [1.29, 1.82) is 0 Å². The molecule has 0 radical (unpaired) electrons. The smallest absolute Gasteiger partial charge is 0.398 e. The Morgan fingerprint density at radius 1 is 1.10 bits per heavy atom. The maximum Gasteiger partial charge on any atom is 0.433 e. The molecule has 8 nitrogen and oxygen atoms in total. The van der Waals surface area contributed by atoms with Crippen molar-refractivity contribution in [2.75, 3.05) is 25.4 Å². The Balaban J connectivity index is 1.38. The third kappa shape index (κ3) is 4.43. The van der Waals surface area contributed by atoms with E-state index in [-0.39, 0.29) is 30.2 Å². The number of carbonyl (C=O) groups is 2. The highest BCUT2D eigenvalue weighted by molar-refractivity contribution is 5.99. The van der Waals surface area contributed by atoms with Crippen LogP contribution in [0, 0.1) is 0 Å². The summed E-state index contributed by atoms with van der Waals surface area (Å²) in [7, 11) is 0. The van der Waals surface area contributed by atoms with Crippen LogP contribution >= 0.6 is 0 Å². The number of nitrogen functional groups attached to an aromatic ring is 1. The summed E-state index contributed by atoms with van der Waals surface area (Å²) in [4.78, 5) is 38.0. The number of carbonyl (C=O) groups excluding carboxylic acids is 2. The molecule has 0 saturated heterocycles. The van der Waals surface area contributed by atoms with Crippen LogP contribution in [0.2, 0.25) is 0 Å². The van der Waals surface area contributed by atoms with Gasteiger partial charge in [0.05, 0.1) is 23.0 Å². The van der Waals surface area contributed by atoms with Gasteiger partial charge in [-0.15, -0.1) is 0 Å². The Labute approximate surface area is 229 Å². The van der Waals surface area contributed by atoms with Crippen LogP contribution < -0.4 is 5.73 Å². The van der Waals surface area contributed by atoms with Gasteiger partial charge in [-0.25, -0.2) is 4.98 Å². The molecule has 1 aliphatic carbocycles. The Kier molecular flexibility index (Phi) is 6.39.